The summed E-state index contributed by atoms with van der Waals surface area (Å²) in [7, 11) is 0.893. The van der Waals surface area contributed by atoms with Crippen LogP contribution in [0.3, 0.4) is 0 Å². The van der Waals surface area contributed by atoms with Gasteiger partial charge in [0.2, 0.25) is 5.91 Å². The van der Waals surface area contributed by atoms with Crippen molar-refractivity contribution in [2.45, 2.75) is 11.3 Å². The van der Waals surface area contributed by atoms with Gasteiger partial charge in [-0.2, -0.15) is 0 Å². The third-order valence-corrected chi connectivity index (χ3v) is 5.11. The van der Waals surface area contributed by atoms with E-state index in [2.05, 4.69) is 4.72 Å². The average Bonchev–Trinajstić information content (AvgIpc) is 2.56. The zero-order valence-corrected chi connectivity index (χ0v) is 15.7. The van der Waals surface area contributed by atoms with Gasteiger partial charge >= 0.3 is 0 Å². The molecular formula is C17H19ClN2O4S. The number of anilines is 1. The highest BCUT2D eigenvalue weighted by Gasteiger charge is 2.20. The second-order valence-corrected chi connectivity index (χ2v) is 7.65. The number of nitrogens with zero attached hydrogens (tertiary/aromatic N) is 1. The highest BCUT2D eigenvalue weighted by atomic mass is 35.5. The number of nitrogens with one attached hydrogen (secondary N) is 1. The molecule has 1 N–H and O–H groups in total. The Balaban J connectivity index is 2.21. The first-order valence-corrected chi connectivity index (χ1v) is 9.24. The molecule has 134 valence electrons. The van der Waals surface area contributed by atoms with Crippen LogP contribution in [-0.4, -0.2) is 40.4 Å². The maximum atomic E-state index is 12.6. The molecule has 2 aromatic carbocycles. The van der Waals surface area contributed by atoms with Crippen LogP contribution >= 0.6 is 11.6 Å². The van der Waals surface area contributed by atoms with Crippen molar-refractivity contribution in [3.63, 3.8) is 0 Å². The largest absolute Gasteiger partial charge is 0.495 e. The summed E-state index contributed by atoms with van der Waals surface area (Å²) in [4.78, 5) is 13.2. The van der Waals surface area contributed by atoms with Gasteiger partial charge in [-0.25, -0.2) is 8.42 Å². The standard InChI is InChI=1S/C17H19ClN2O4S/c1-20(2)17(21)10-12-4-7-14(8-5-12)19-25(22,23)16-11-13(18)6-9-15(16)24-3/h4-9,11,19H,10H2,1-3H3. The number of hydrogen-bond donors (Lipinski definition) is 1. The molecule has 2 aromatic rings. The van der Waals surface area contributed by atoms with Crippen molar-refractivity contribution in [1.29, 1.82) is 0 Å². The fourth-order valence-electron chi connectivity index (χ4n) is 2.09. The van der Waals surface area contributed by atoms with Gasteiger partial charge in [0, 0.05) is 24.8 Å². The minimum absolute atomic E-state index is 0.0306. The van der Waals surface area contributed by atoms with Gasteiger partial charge in [0.1, 0.15) is 10.6 Å². The Kier molecular flexibility index (Phi) is 5.92. The number of amides is 1. The molecular weight excluding hydrogens is 364 g/mol. The molecule has 0 aliphatic carbocycles. The van der Waals surface area contributed by atoms with Crippen LogP contribution in [0.25, 0.3) is 0 Å². The van der Waals surface area contributed by atoms with Crippen molar-refractivity contribution in [3.8, 4) is 5.75 Å². The maximum Gasteiger partial charge on any atom is 0.265 e. The highest BCUT2D eigenvalue weighted by Crippen LogP contribution is 2.28. The smallest absolute Gasteiger partial charge is 0.265 e. The van der Waals surface area contributed by atoms with Gasteiger partial charge in [-0.1, -0.05) is 23.7 Å². The Labute approximate surface area is 152 Å². The first kappa shape index (κ1) is 19.1. The summed E-state index contributed by atoms with van der Waals surface area (Å²) >= 11 is 5.89. The van der Waals surface area contributed by atoms with Crippen molar-refractivity contribution in [2.75, 3.05) is 25.9 Å². The molecule has 0 aliphatic rings. The predicted octanol–water partition coefficient (Wildman–Crippen LogP) is 2.78. The Morgan fingerprint density at radius 1 is 1.16 bits per heavy atom. The highest BCUT2D eigenvalue weighted by molar-refractivity contribution is 7.92. The number of sulfonamides is 1. The van der Waals surface area contributed by atoms with Crippen molar-refractivity contribution >= 4 is 33.2 Å². The van der Waals surface area contributed by atoms with E-state index in [1.807, 2.05) is 0 Å². The summed E-state index contributed by atoms with van der Waals surface area (Å²) < 4.78 is 32.7. The molecule has 0 unspecified atom stereocenters. The van der Waals surface area contributed by atoms with E-state index in [9.17, 15) is 13.2 Å². The van der Waals surface area contributed by atoms with Crippen LogP contribution in [-0.2, 0) is 21.2 Å². The quantitative estimate of drug-likeness (QED) is 0.833. The van der Waals surface area contributed by atoms with E-state index in [1.165, 1.54) is 24.1 Å². The van der Waals surface area contributed by atoms with Crippen LogP contribution in [0.1, 0.15) is 5.56 Å². The van der Waals surface area contributed by atoms with Crippen molar-refractivity contribution < 1.29 is 17.9 Å². The molecule has 25 heavy (non-hydrogen) atoms. The summed E-state index contributed by atoms with van der Waals surface area (Å²) in [5, 5.41) is 0.290. The van der Waals surface area contributed by atoms with E-state index in [4.69, 9.17) is 16.3 Å². The van der Waals surface area contributed by atoms with Gasteiger partial charge in [0.25, 0.3) is 10.0 Å². The average molecular weight is 383 g/mol. The third kappa shape index (κ3) is 4.87. The van der Waals surface area contributed by atoms with Crippen LogP contribution in [0.5, 0.6) is 5.75 Å². The Hall–Kier alpha value is -2.25. The molecule has 0 atom stereocenters. The molecule has 0 radical (unpaired) electrons. The zero-order valence-electron chi connectivity index (χ0n) is 14.1. The van der Waals surface area contributed by atoms with Crippen LogP contribution in [0.15, 0.2) is 47.4 Å². The van der Waals surface area contributed by atoms with E-state index in [0.717, 1.165) is 5.56 Å². The second-order valence-electron chi connectivity index (χ2n) is 5.56. The Morgan fingerprint density at radius 3 is 2.36 bits per heavy atom. The van der Waals surface area contributed by atoms with Gasteiger partial charge < -0.3 is 9.64 Å². The molecule has 0 saturated carbocycles. The molecule has 0 heterocycles. The number of hydrogen-bond acceptors (Lipinski definition) is 4. The fourth-order valence-corrected chi connectivity index (χ4v) is 3.59. The van der Waals surface area contributed by atoms with Gasteiger partial charge in [-0.3, -0.25) is 9.52 Å². The number of benzene rings is 2. The number of carbonyl (C=O) groups is 1. The van der Waals surface area contributed by atoms with Crippen molar-refractivity contribution in [3.05, 3.63) is 53.1 Å². The van der Waals surface area contributed by atoms with Crippen LogP contribution < -0.4 is 9.46 Å². The number of rotatable bonds is 6. The summed E-state index contributed by atoms with van der Waals surface area (Å²) in [6, 6.07) is 11.0. The summed E-state index contributed by atoms with van der Waals surface area (Å²) in [6.45, 7) is 0. The van der Waals surface area contributed by atoms with Crippen LogP contribution in [0, 0.1) is 0 Å². The lowest BCUT2D eigenvalue weighted by Gasteiger charge is -2.13. The van der Waals surface area contributed by atoms with E-state index >= 15 is 0 Å². The van der Waals surface area contributed by atoms with Crippen molar-refractivity contribution in [1.82, 2.24) is 4.90 Å². The maximum absolute atomic E-state index is 12.6. The Bertz CT molecular complexity index is 865. The van der Waals surface area contributed by atoms with Crippen molar-refractivity contribution in [2.24, 2.45) is 0 Å². The molecule has 0 saturated heterocycles. The lowest BCUT2D eigenvalue weighted by atomic mass is 10.1. The number of methoxy groups -OCH3 is 1. The van der Waals surface area contributed by atoms with Gasteiger partial charge in [0.05, 0.1) is 13.5 Å². The molecule has 0 aromatic heterocycles. The zero-order chi connectivity index (χ0) is 18.6. The second kappa shape index (κ2) is 7.76. The molecule has 8 heteroatoms. The number of carbonyl (C=O) groups excluding carboxylic acids is 1. The molecule has 6 nitrogen and oxygen atoms in total. The predicted molar refractivity (Wildman–Crippen MR) is 97.7 cm³/mol. The normalized spacial score (nSPS) is 11.0. The summed E-state index contributed by atoms with van der Waals surface area (Å²) in [6.07, 6.45) is 0.252. The van der Waals surface area contributed by atoms with Gasteiger partial charge in [-0.15, -0.1) is 0 Å². The summed E-state index contributed by atoms with van der Waals surface area (Å²) in [5.74, 6) is 0.169. The van der Waals surface area contributed by atoms with Gasteiger partial charge in [-0.05, 0) is 35.9 Å². The lowest BCUT2D eigenvalue weighted by molar-refractivity contribution is -0.127. The SMILES string of the molecule is COc1ccc(Cl)cc1S(=O)(=O)Nc1ccc(CC(=O)N(C)C)cc1. The topological polar surface area (TPSA) is 75.7 Å². The van der Waals surface area contributed by atoms with E-state index in [1.54, 1.807) is 44.4 Å². The number of halogens is 1. The first-order valence-electron chi connectivity index (χ1n) is 7.38. The molecule has 0 spiro atoms. The molecule has 0 aliphatic heterocycles. The van der Waals surface area contributed by atoms with E-state index < -0.39 is 10.0 Å². The first-order chi connectivity index (χ1) is 11.7. The fraction of sp³-hybridized carbons (Fsp3) is 0.235. The Morgan fingerprint density at radius 2 is 1.80 bits per heavy atom. The van der Waals surface area contributed by atoms with Gasteiger partial charge in [0.15, 0.2) is 0 Å². The van der Waals surface area contributed by atoms with Crippen LogP contribution in [0.4, 0.5) is 5.69 Å². The minimum Gasteiger partial charge on any atom is -0.495 e. The number of likely N-dealkylation sites (N-methyl/N-ethyl adjacent to an activating group) is 1. The van der Waals surface area contributed by atoms with E-state index in [0.29, 0.717) is 10.7 Å². The molecule has 2 rings (SSSR count). The molecule has 1 amide bonds. The monoisotopic (exact) mass is 382 g/mol. The van der Waals surface area contributed by atoms with Crippen LogP contribution in [0.2, 0.25) is 5.02 Å². The molecule has 0 fully saturated rings. The van der Waals surface area contributed by atoms with E-state index in [-0.39, 0.29) is 23.0 Å². The minimum atomic E-state index is -3.86. The third-order valence-electron chi connectivity index (χ3n) is 3.48. The lowest BCUT2D eigenvalue weighted by Crippen LogP contribution is -2.23. The number of ether oxygens (including phenoxy) is 1. The molecule has 0 bridgehead atoms. The summed E-state index contributed by atoms with van der Waals surface area (Å²) in [5.41, 5.74) is 1.17.